The SMILES string of the molecule is C=c1c(=O)cc(CN)o/c1=C/C=C\C. The van der Waals surface area contributed by atoms with Crippen LogP contribution in [-0.2, 0) is 6.54 Å². The lowest BCUT2D eigenvalue weighted by atomic mass is 10.3. The van der Waals surface area contributed by atoms with Gasteiger partial charge in [0.2, 0.25) is 0 Å². The Morgan fingerprint density at radius 3 is 2.93 bits per heavy atom. The number of nitrogens with two attached hydrogens (primary N) is 1. The molecule has 0 amide bonds. The van der Waals surface area contributed by atoms with Gasteiger partial charge in [-0.1, -0.05) is 18.7 Å². The molecule has 2 N–H and O–H groups in total. The Labute approximate surface area is 81.9 Å². The van der Waals surface area contributed by atoms with Crippen LogP contribution in [0.2, 0.25) is 0 Å². The smallest absolute Gasteiger partial charge is 0.192 e. The van der Waals surface area contributed by atoms with Crippen molar-refractivity contribution in [1.82, 2.24) is 0 Å². The van der Waals surface area contributed by atoms with Gasteiger partial charge < -0.3 is 10.2 Å². The summed E-state index contributed by atoms with van der Waals surface area (Å²) in [7, 11) is 0. The summed E-state index contributed by atoms with van der Waals surface area (Å²) in [5, 5.41) is 0.361. The minimum atomic E-state index is -0.146. The molecule has 14 heavy (non-hydrogen) atoms. The van der Waals surface area contributed by atoms with Gasteiger partial charge in [0, 0.05) is 6.07 Å². The second-order valence-corrected chi connectivity index (χ2v) is 2.82. The second-order valence-electron chi connectivity index (χ2n) is 2.82. The molecule has 0 aliphatic heterocycles. The summed E-state index contributed by atoms with van der Waals surface area (Å²) >= 11 is 0. The molecule has 3 heteroatoms. The zero-order chi connectivity index (χ0) is 10.6. The number of rotatable bonds is 2. The molecule has 0 saturated heterocycles. The van der Waals surface area contributed by atoms with Crippen molar-refractivity contribution in [1.29, 1.82) is 0 Å². The summed E-state index contributed by atoms with van der Waals surface area (Å²) in [6.45, 7) is 5.73. The van der Waals surface area contributed by atoms with Crippen LogP contribution in [-0.4, -0.2) is 0 Å². The van der Waals surface area contributed by atoms with Gasteiger partial charge in [0.1, 0.15) is 11.2 Å². The predicted molar refractivity (Wildman–Crippen MR) is 56.9 cm³/mol. The van der Waals surface area contributed by atoms with Crippen LogP contribution < -0.4 is 21.8 Å². The summed E-state index contributed by atoms with van der Waals surface area (Å²) in [6.07, 6.45) is 5.32. The summed E-state index contributed by atoms with van der Waals surface area (Å²) in [5.74, 6) is 0.471. The maximum absolute atomic E-state index is 11.4. The first-order valence-electron chi connectivity index (χ1n) is 4.34. The third-order valence-electron chi connectivity index (χ3n) is 1.77. The van der Waals surface area contributed by atoms with E-state index in [2.05, 4.69) is 6.58 Å². The predicted octanol–water partition coefficient (Wildman–Crippen LogP) is -0.135. The topological polar surface area (TPSA) is 56.2 Å². The van der Waals surface area contributed by atoms with Crippen molar-refractivity contribution in [3.05, 3.63) is 44.8 Å². The van der Waals surface area contributed by atoms with E-state index in [1.165, 1.54) is 6.07 Å². The average molecular weight is 191 g/mol. The Morgan fingerprint density at radius 2 is 2.36 bits per heavy atom. The molecule has 0 bridgehead atoms. The minimum absolute atomic E-state index is 0.146. The molecule has 0 spiro atoms. The van der Waals surface area contributed by atoms with Crippen LogP contribution in [0, 0.1) is 0 Å². The van der Waals surface area contributed by atoms with Crippen LogP contribution in [0.5, 0.6) is 0 Å². The molecule has 74 valence electrons. The Kier molecular flexibility index (Phi) is 3.42. The van der Waals surface area contributed by atoms with Gasteiger partial charge in [-0.05, 0) is 13.0 Å². The van der Waals surface area contributed by atoms with Crippen LogP contribution >= 0.6 is 0 Å². The van der Waals surface area contributed by atoms with E-state index >= 15 is 0 Å². The molecule has 1 aromatic rings. The van der Waals surface area contributed by atoms with Crippen molar-refractivity contribution < 1.29 is 4.42 Å². The molecule has 0 radical (unpaired) electrons. The Morgan fingerprint density at radius 1 is 1.64 bits per heavy atom. The van der Waals surface area contributed by atoms with Gasteiger partial charge >= 0.3 is 0 Å². The van der Waals surface area contributed by atoms with Gasteiger partial charge in [0.05, 0.1) is 11.8 Å². The highest BCUT2D eigenvalue weighted by Gasteiger charge is 1.96. The maximum Gasteiger partial charge on any atom is 0.192 e. The van der Waals surface area contributed by atoms with E-state index in [1.807, 2.05) is 13.0 Å². The molecule has 0 saturated carbocycles. The fraction of sp³-hybridized carbons (Fsp3) is 0.182. The van der Waals surface area contributed by atoms with Crippen molar-refractivity contribution >= 4 is 12.7 Å². The van der Waals surface area contributed by atoms with Crippen molar-refractivity contribution in [2.24, 2.45) is 5.73 Å². The van der Waals surface area contributed by atoms with Crippen molar-refractivity contribution in [3.8, 4) is 0 Å². The van der Waals surface area contributed by atoms with E-state index in [0.717, 1.165) is 0 Å². The van der Waals surface area contributed by atoms with Crippen LogP contribution in [0.25, 0.3) is 12.7 Å². The van der Waals surface area contributed by atoms with Crippen molar-refractivity contribution in [3.63, 3.8) is 0 Å². The number of allylic oxidation sites excluding steroid dienone is 2. The molecule has 0 fully saturated rings. The highest BCUT2D eigenvalue weighted by molar-refractivity contribution is 5.33. The first kappa shape index (κ1) is 10.5. The third kappa shape index (κ3) is 2.20. The van der Waals surface area contributed by atoms with Gasteiger partial charge in [-0.15, -0.1) is 0 Å². The molecule has 3 nitrogen and oxygen atoms in total. The van der Waals surface area contributed by atoms with Crippen LogP contribution in [0.4, 0.5) is 0 Å². The first-order valence-corrected chi connectivity index (χ1v) is 4.34. The molecule has 0 atom stereocenters. The van der Waals surface area contributed by atoms with E-state index in [1.54, 1.807) is 12.2 Å². The number of hydrogen-bond donors (Lipinski definition) is 1. The molecular formula is C11H13NO2. The van der Waals surface area contributed by atoms with Crippen molar-refractivity contribution in [2.75, 3.05) is 0 Å². The summed E-state index contributed by atoms with van der Waals surface area (Å²) in [6, 6.07) is 1.37. The largest absolute Gasteiger partial charge is 0.459 e. The van der Waals surface area contributed by atoms with Gasteiger partial charge in [-0.2, -0.15) is 0 Å². The monoisotopic (exact) mass is 191 g/mol. The van der Waals surface area contributed by atoms with E-state index in [9.17, 15) is 4.79 Å². The van der Waals surface area contributed by atoms with Gasteiger partial charge in [0.25, 0.3) is 0 Å². The van der Waals surface area contributed by atoms with Crippen LogP contribution in [0.3, 0.4) is 0 Å². The lowest BCUT2D eigenvalue weighted by Crippen LogP contribution is -2.37. The minimum Gasteiger partial charge on any atom is -0.459 e. The fourth-order valence-corrected chi connectivity index (χ4v) is 1.01. The van der Waals surface area contributed by atoms with Crippen molar-refractivity contribution in [2.45, 2.75) is 13.5 Å². The molecule has 0 aromatic carbocycles. The summed E-state index contributed by atoms with van der Waals surface area (Å²) < 4.78 is 5.35. The normalized spacial score (nSPS) is 12.6. The van der Waals surface area contributed by atoms with Crippen LogP contribution in [0.15, 0.2) is 27.4 Å². The average Bonchev–Trinajstić information content (AvgIpc) is 2.20. The Balaban J connectivity index is 3.50. The van der Waals surface area contributed by atoms with E-state index < -0.39 is 0 Å². The maximum atomic E-state index is 11.4. The molecule has 0 aliphatic carbocycles. The number of hydrogen-bond acceptors (Lipinski definition) is 3. The molecule has 1 aromatic heterocycles. The molecule has 0 aliphatic rings. The summed E-state index contributed by atoms with van der Waals surface area (Å²) in [4.78, 5) is 11.4. The lowest BCUT2D eigenvalue weighted by molar-refractivity contribution is 0.459. The highest BCUT2D eigenvalue weighted by Crippen LogP contribution is 1.85. The lowest BCUT2D eigenvalue weighted by Gasteiger charge is -1.94. The Bertz CT molecular complexity index is 497. The third-order valence-corrected chi connectivity index (χ3v) is 1.77. The zero-order valence-corrected chi connectivity index (χ0v) is 8.12. The molecule has 1 heterocycles. The standard InChI is InChI=1S/C11H13NO2/c1-3-4-5-11-8(2)10(13)6-9(7-12)14-11/h3-6H,2,7,12H2,1H3/b4-3-,11-5+. The molecule has 0 unspecified atom stereocenters. The second kappa shape index (κ2) is 4.58. The molecule has 1 rings (SSSR count). The first-order chi connectivity index (χ1) is 6.69. The highest BCUT2D eigenvalue weighted by atomic mass is 16.3. The van der Waals surface area contributed by atoms with Gasteiger partial charge in [-0.3, -0.25) is 4.79 Å². The zero-order valence-electron chi connectivity index (χ0n) is 8.12. The van der Waals surface area contributed by atoms with Gasteiger partial charge in [0.15, 0.2) is 5.43 Å². The quantitative estimate of drug-likeness (QED) is 0.708. The summed E-state index contributed by atoms with van der Waals surface area (Å²) in [5.41, 5.74) is 5.70. The van der Waals surface area contributed by atoms with E-state index in [4.69, 9.17) is 10.2 Å². The molecular weight excluding hydrogens is 178 g/mol. The van der Waals surface area contributed by atoms with E-state index in [0.29, 0.717) is 16.4 Å². The van der Waals surface area contributed by atoms with E-state index in [-0.39, 0.29) is 12.0 Å². The van der Waals surface area contributed by atoms with Gasteiger partial charge in [-0.25, -0.2) is 0 Å². The Hall–Kier alpha value is -1.61. The van der Waals surface area contributed by atoms with Crippen LogP contribution in [0.1, 0.15) is 12.7 Å². The fourth-order valence-electron chi connectivity index (χ4n) is 1.01.